The number of nitrogens with zero attached hydrogens (tertiary/aromatic N) is 1. The lowest BCUT2D eigenvalue weighted by molar-refractivity contribution is 0.342. The number of aryl methyl sites for hydroxylation is 1. The van der Waals surface area contributed by atoms with Crippen molar-refractivity contribution in [2.75, 3.05) is 11.4 Å². The van der Waals surface area contributed by atoms with Crippen LogP contribution in [-0.2, 0) is 6.54 Å². The lowest BCUT2D eigenvalue weighted by Crippen LogP contribution is -2.35. The Balaban J connectivity index is 1.83. The van der Waals surface area contributed by atoms with Crippen LogP contribution in [0.2, 0.25) is 0 Å². The van der Waals surface area contributed by atoms with Crippen LogP contribution in [0.3, 0.4) is 0 Å². The first kappa shape index (κ1) is 14.9. The molecular formula is C19H30N2. The predicted molar refractivity (Wildman–Crippen MR) is 90.9 cm³/mol. The minimum absolute atomic E-state index is 0.541. The smallest absolute Gasteiger partial charge is 0.0414 e. The molecule has 2 aliphatic rings. The van der Waals surface area contributed by atoms with Gasteiger partial charge < -0.3 is 10.2 Å². The van der Waals surface area contributed by atoms with E-state index in [4.69, 9.17) is 0 Å². The fourth-order valence-corrected chi connectivity index (χ4v) is 4.16. The molecule has 2 nitrogen and oxygen atoms in total. The summed E-state index contributed by atoms with van der Waals surface area (Å²) >= 11 is 0. The number of hydrogen-bond donors (Lipinski definition) is 1. The van der Waals surface area contributed by atoms with Gasteiger partial charge in [-0.3, -0.25) is 0 Å². The van der Waals surface area contributed by atoms with E-state index in [1.165, 1.54) is 55.5 Å². The summed E-state index contributed by atoms with van der Waals surface area (Å²) in [5.41, 5.74) is 4.34. The van der Waals surface area contributed by atoms with E-state index in [2.05, 4.69) is 49.2 Å². The molecule has 2 unspecified atom stereocenters. The first-order valence-corrected chi connectivity index (χ1v) is 8.74. The third-order valence-corrected chi connectivity index (χ3v) is 5.26. The summed E-state index contributed by atoms with van der Waals surface area (Å²) in [6.45, 7) is 8.90. The van der Waals surface area contributed by atoms with Crippen LogP contribution in [0.4, 0.5) is 5.69 Å². The molecule has 21 heavy (non-hydrogen) atoms. The Bertz CT molecular complexity index is 480. The third-order valence-electron chi connectivity index (χ3n) is 5.26. The standard InChI is InChI=1S/C19H30N2/c1-14(2)20-13-17-12-15(3)8-9-19(17)21-11-10-16-6-4-5-7-18(16)21/h8-9,12,14,16,18,20H,4-7,10-11,13H2,1-3H3. The highest BCUT2D eigenvalue weighted by molar-refractivity contribution is 5.57. The second-order valence-electron chi connectivity index (χ2n) is 7.26. The summed E-state index contributed by atoms with van der Waals surface area (Å²) in [5, 5.41) is 3.60. The molecule has 1 saturated heterocycles. The molecule has 116 valence electrons. The van der Waals surface area contributed by atoms with Gasteiger partial charge in [-0.1, -0.05) is 44.4 Å². The summed E-state index contributed by atoms with van der Waals surface area (Å²) in [6, 6.07) is 8.37. The van der Waals surface area contributed by atoms with Gasteiger partial charge in [0.25, 0.3) is 0 Å². The Morgan fingerprint density at radius 2 is 2.00 bits per heavy atom. The van der Waals surface area contributed by atoms with Crippen LogP contribution in [0.25, 0.3) is 0 Å². The Kier molecular flexibility index (Phi) is 4.54. The molecule has 0 bridgehead atoms. The van der Waals surface area contributed by atoms with Crippen molar-refractivity contribution in [2.24, 2.45) is 5.92 Å². The molecule has 1 aromatic carbocycles. The number of hydrogen-bond acceptors (Lipinski definition) is 2. The predicted octanol–water partition coefficient (Wildman–Crippen LogP) is 4.26. The first-order chi connectivity index (χ1) is 10.1. The molecule has 0 spiro atoms. The number of anilines is 1. The maximum absolute atomic E-state index is 3.60. The summed E-state index contributed by atoms with van der Waals surface area (Å²) in [7, 11) is 0. The van der Waals surface area contributed by atoms with Gasteiger partial charge in [-0.15, -0.1) is 0 Å². The van der Waals surface area contributed by atoms with Crippen LogP contribution in [0.1, 0.15) is 57.1 Å². The lowest BCUT2D eigenvalue weighted by Gasteiger charge is -2.34. The molecule has 2 atom stereocenters. The summed E-state index contributed by atoms with van der Waals surface area (Å²) in [4.78, 5) is 2.72. The van der Waals surface area contributed by atoms with Crippen molar-refractivity contribution < 1.29 is 0 Å². The molecule has 2 fully saturated rings. The van der Waals surface area contributed by atoms with E-state index in [-0.39, 0.29) is 0 Å². The van der Waals surface area contributed by atoms with Gasteiger partial charge in [0.1, 0.15) is 0 Å². The molecule has 1 saturated carbocycles. The van der Waals surface area contributed by atoms with Crippen LogP contribution in [0, 0.1) is 12.8 Å². The van der Waals surface area contributed by atoms with Gasteiger partial charge in [0.15, 0.2) is 0 Å². The van der Waals surface area contributed by atoms with E-state index >= 15 is 0 Å². The second kappa shape index (κ2) is 6.39. The van der Waals surface area contributed by atoms with Crippen molar-refractivity contribution in [3.63, 3.8) is 0 Å². The molecule has 1 N–H and O–H groups in total. The van der Waals surface area contributed by atoms with Crippen molar-refractivity contribution in [1.29, 1.82) is 0 Å². The molecule has 1 aliphatic carbocycles. The number of fused-ring (bicyclic) bond motifs is 1. The average Bonchev–Trinajstić information content (AvgIpc) is 2.89. The zero-order chi connectivity index (χ0) is 14.8. The largest absolute Gasteiger partial charge is 0.368 e. The van der Waals surface area contributed by atoms with Crippen LogP contribution in [0.5, 0.6) is 0 Å². The average molecular weight is 286 g/mol. The van der Waals surface area contributed by atoms with Crippen LogP contribution in [0.15, 0.2) is 18.2 Å². The van der Waals surface area contributed by atoms with Crippen molar-refractivity contribution in [3.05, 3.63) is 29.3 Å². The van der Waals surface area contributed by atoms with E-state index in [0.717, 1.165) is 18.5 Å². The van der Waals surface area contributed by atoms with Crippen LogP contribution < -0.4 is 10.2 Å². The van der Waals surface area contributed by atoms with E-state index in [9.17, 15) is 0 Å². The molecule has 0 radical (unpaired) electrons. The van der Waals surface area contributed by atoms with E-state index in [1.54, 1.807) is 0 Å². The van der Waals surface area contributed by atoms with Crippen LogP contribution in [-0.4, -0.2) is 18.6 Å². The highest BCUT2D eigenvalue weighted by Gasteiger charge is 2.36. The van der Waals surface area contributed by atoms with E-state index < -0.39 is 0 Å². The molecule has 0 aromatic heterocycles. The Labute approximate surface area is 129 Å². The van der Waals surface area contributed by atoms with Gasteiger partial charge in [0.2, 0.25) is 0 Å². The highest BCUT2D eigenvalue weighted by atomic mass is 15.2. The molecule has 2 heteroatoms. The quantitative estimate of drug-likeness (QED) is 0.889. The normalized spacial score (nSPS) is 25.4. The fraction of sp³-hybridized carbons (Fsp3) is 0.684. The summed E-state index contributed by atoms with van der Waals surface area (Å²) in [5.74, 6) is 0.950. The topological polar surface area (TPSA) is 15.3 Å². The molecular weight excluding hydrogens is 256 g/mol. The van der Waals surface area contributed by atoms with Crippen molar-refractivity contribution in [1.82, 2.24) is 5.32 Å². The number of rotatable bonds is 4. The minimum atomic E-state index is 0.541. The van der Waals surface area contributed by atoms with Gasteiger partial charge in [-0.05, 0) is 43.7 Å². The Morgan fingerprint density at radius 1 is 1.19 bits per heavy atom. The molecule has 1 heterocycles. The maximum atomic E-state index is 3.60. The monoisotopic (exact) mass is 286 g/mol. The summed E-state index contributed by atoms with van der Waals surface area (Å²) < 4.78 is 0. The van der Waals surface area contributed by atoms with Gasteiger partial charge in [0, 0.05) is 30.9 Å². The number of benzene rings is 1. The molecule has 3 rings (SSSR count). The number of nitrogens with one attached hydrogen (secondary N) is 1. The Hall–Kier alpha value is -1.02. The molecule has 1 aliphatic heterocycles. The minimum Gasteiger partial charge on any atom is -0.368 e. The fourth-order valence-electron chi connectivity index (χ4n) is 4.16. The summed E-state index contributed by atoms with van der Waals surface area (Å²) in [6.07, 6.45) is 7.12. The van der Waals surface area contributed by atoms with Gasteiger partial charge in [0.05, 0.1) is 0 Å². The van der Waals surface area contributed by atoms with Gasteiger partial charge in [-0.2, -0.15) is 0 Å². The molecule has 0 amide bonds. The SMILES string of the molecule is Cc1ccc(N2CCC3CCCCC32)c(CNC(C)C)c1. The third kappa shape index (κ3) is 3.26. The maximum Gasteiger partial charge on any atom is 0.0414 e. The van der Waals surface area contributed by atoms with Gasteiger partial charge in [-0.25, -0.2) is 0 Å². The second-order valence-corrected chi connectivity index (χ2v) is 7.26. The van der Waals surface area contributed by atoms with Gasteiger partial charge >= 0.3 is 0 Å². The lowest BCUT2D eigenvalue weighted by atomic mass is 9.85. The van der Waals surface area contributed by atoms with E-state index in [0.29, 0.717) is 6.04 Å². The van der Waals surface area contributed by atoms with Crippen molar-refractivity contribution in [3.8, 4) is 0 Å². The Morgan fingerprint density at radius 3 is 2.81 bits per heavy atom. The highest BCUT2D eigenvalue weighted by Crippen LogP contribution is 2.40. The van der Waals surface area contributed by atoms with Crippen molar-refractivity contribution in [2.45, 2.75) is 71.5 Å². The van der Waals surface area contributed by atoms with E-state index in [1.807, 2.05) is 0 Å². The first-order valence-electron chi connectivity index (χ1n) is 8.74. The zero-order valence-electron chi connectivity index (χ0n) is 13.9. The zero-order valence-corrected chi connectivity index (χ0v) is 13.9. The van der Waals surface area contributed by atoms with Crippen molar-refractivity contribution >= 4 is 5.69 Å². The van der Waals surface area contributed by atoms with Crippen LogP contribution >= 0.6 is 0 Å². The molecule has 1 aromatic rings.